The van der Waals surface area contributed by atoms with E-state index >= 15 is 0 Å². The number of ketones is 1. The van der Waals surface area contributed by atoms with Gasteiger partial charge in [-0.2, -0.15) is 0 Å². The Hall–Kier alpha value is -1.84. The van der Waals surface area contributed by atoms with E-state index in [1.54, 1.807) is 0 Å². The van der Waals surface area contributed by atoms with Crippen molar-refractivity contribution in [3.63, 3.8) is 0 Å². The Balaban J connectivity index is 0.00000306. The lowest BCUT2D eigenvalue weighted by Crippen LogP contribution is -2.28. The molecule has 0 bridgehead atoms. The van der Waals surface area contributed by atoms with Crippen LogP contribution in [0, 0.1) is 11.8 Å². The van der Waals surface area contributed by atoms with Crippen LogP contribution in [-0.4, -0.2) is 25.5 Å². The van der Waals surface area contributed by atoms with E-state index in [2.05, 4.69) is 54.7 Å². The molecule has 2 aromatic carbocycles. The molecule has 1 unspecified atom stereocenters. The lowest BCUT2D eigenvalue weighted by molar-refractivity contribution is 0.0952. The molecule has 2 aromatic rings. The summed E-state index contributed by atoms with van der Waals surface area (Å²) in [7, 11) is 0. The Bertz CT molecular complexity index is 875. The SMILES string of the molecule is CCOc1cccc([C@@H](C)CC2CC[C@H](c3ccc(C(=O)CC4CCNCC4)cc3)C2)c1.Cl. The van der Waals surface area contributed by atoms with Crippen LogP contribution in [0.1, 0.15) is 92.1 Å². The van der Waals surface area contributed by atoms with Crippen molar-refractivity contribution in [2.24, 2.45) is 11.8 Å². The van der Waals surface area contributed by atoms with Crippen LogP contribution >= 0.6 is 12.4 Å². The molecule has 0 radical (unpaired) electrons. The van der Waals surface area contributed by atoms with Crippen LogP contribution in [0.15, 0.2) is 48.5 Å². The van der Waals surface area contributed by atoms with E-state index in [0.717, 1.165) is 43.2 Å². The minimum absolute atomic E-state index is 0. The monoisotopic (exact) mass is 469 g/mol. The Kier molecular flexibility index (Phi) is 9.82. The van der Waals surface area contributed by atoms with Gasteiger partial charge >= 0.3 is 0 Å². The highest BCUT2D eigenvalue weighted by atomic mass is 35.5. The normalized spacial score (nSPS) is 21.9. The Morgan fingerprint density at radius 1 is 1.03 bits per heavy atom. The molecule has 0 amide bonds. The summed E-state index contributed by atoms with van der Waals surface area (Å²) in [5.74, 6) is 3.80. The van der Waals surface area contributed by atoms with Crippen LogP contribution in [0.5, 0.6) is 5.75 Å². The maximum Gasteiger partial charge on any atom is 0.163 e. The molecule has 1 N–H and O–H groups in total. The number of ether oxygens (including phenoxy) is 1. The van der Waals surface area contributed by atoms with Crippen molar-refractivity contribution in [3.05, 3.63) is 65.2 Å². The molecule has 1 aliphatic heterocycles. The second-order valence-electron chi connectivity index (χ2n) is 9.96. The van der Waals surface area contributed by atoms with Crippen LogP contribution in [-0.2, 0) is 0 Å². The van der Waals surface area contributed by atoms with E-state index in [-0.39, 0.29) is 12.4 Å². The summed E-state index contributed by atoms with van der Waals surface area (Å²) in [5, 5.41) is 3.38. The second-order valence-corrected chi connectivity index (χ2v) is 9.96. The lowest BCUT2D eigenvalue weighted by Gasteiger charge is -2.21. The van der Waals surface area contributed by atoms with Gasteiger partial charge in [0.25, 0.3) is 0 Å². The van der Waals surface area contributed by atoms with Gasteiger partial charge in [0.2, 0.25) is 0 Å². The van der Waals surface area contributed by atoms with Gasteiger partial charge in [0, 0.05) is 12.0 Å². The molecule has 2 aliphatic rings. The number of piperidine rings is 1. The number of Topliss-reactive ketones (excluding diaryl/α,β-unsaturated/α-hetero) is 1. The van der Waals surface area contributed by atoms with Gasteiger partial charge in [0.05, 0.1) is 6.61 Å². The maximum absolute atomic E-state index is 12.7. The zero-order chi connectivity index (χ0) is 22.3. The van der Waals surface area contributed by atoms with Crippen molar-refractivity contribution in [1.82, 2.24) is 5.32 Å². The zero-order valence-electron chi connectivity index (χ0n) is 20.2. The fourth-order valence-corrected chi connectivity index (χ4v) is 5.71. The highest BCUT2D eigenvalue weighted by Crippen LogP contribution is 2.42. The molecule has 4 heteroatoms. The first kappa shape index (κ1) is 25.8. The van der Waals surface area contributed by atoms with Crippen LogP contribution in [0.2, 0.25) is 0 Å². The van der Waals surface area contributed by atoms with Gasteiger partial charge in [0.15, 0.2) is 5.78 Å². The molecule has 2 fully saturated rings. The molecule has 1 saturated heterocycles. The average molecular weight is 470 g/mol. The lowest BCUT2D eigenvalue weighted by atomic mass is 9.87. The quantitative estimate of drug-likeness (QED) is 0.396. The van der Waals surface area contributed by atoms with E-state index in [9.17, 15) is 4.79 Å². The van der Waals surface area contributed by atoms with Crippen molar-refractivity contribution in [2.45, 2.75) is 70.6 Å². The largest absolute Gasteiger partial charge is 0.494 e. The summed E-state index contributed by atoms with van der Waals surface area (Å²) in [6.07, 6.45) is 8.02. The average Bonchev–Trinajstić information content (AvgIpc) is 3.29. The predicted octanol–water partition coefficient (Wildman–Crippen LogP) is 7.16. The van der Waals surface area contributed by atoms with E-state index in [0.29, 0.717) is 36.6 Å². The Morgan fingerprint density at radius 3 is 2.52 bits per heavy atom. The molecule has 1 aliphatic carbocycles. The molecular formula is C29H40ClNO2. The number of carbonyl (C=O) groups excluding carboxylic acids is 1. The Labute approximate surface area is 206 Å². The van der Waals surface area contributed by atoms with Gasteiger partial charge in [-0.25, -0.2) is 0 Å². The van der Waals surface area contributed by atoms with E-state index in [1.807, 2.05) is 13.0 Å². The fraction of sp³-hybridized carbons (Fsp3) is 0.552. The summed E-state index contributed by atoms with van der Waals surface area (Å²) in [6, 6.07) is 17.2. The Morgan fingerprint density at radius 2 is 1.79 bits per heavy atom. The highest BCUT2D eigenvalue weighted by Gasteiger charge is 2.27. The molecule has 3 atom stereocenters. The van der Waals surface area contributed by atoms with Gasteiger partial charge in [-0.15, -0.1) is 12.4 Å². The molecule has 1 saturated carbocycles. The molecule has 4 rings (SSSR count). The molecule has 0 spiro atoms. The minimum Gasteiger partial charge on any atom is -0.494 e. The van der Waals surface area contributed by atoms with Gasteiger partial charge in [-0.05, 0) is 105 Å². The summed E-state index contributed by atoms with van der Waals surface area (Å²) in [4.78, 5) is 12.7. The standard InChI is InChI=1S/C29H39NO2.ClH/c1-3-32-28-6-4-5-26(20-28)21(2)17-23-7-8-27(18-23)24-9-11-25(12-10-24)29(31)19-22-13-15-30-16-14-22;/h4-6,9-12,20-23,27,30H,3,7-8,13-19H2,1-2H3;1H/t21-,23?,27-;/m0./s1. The van der Waals surface area contributed by atoms with Gasteiger partial charge < -0.3 is 10.1 Å². The van der Waals surface area contributed by atoms with Gasteiger partial charge in [-0.3, -0.25) is 4.79 Å². The topological polar surface area (TPSA) is 38.3 Å². The zero-order valence-corrected chi connectivity index (χ0v) is 21.0. The van der Waals surface area contributed by atoms with E-state index in [4.69, 9.17) is 4.74 Å². The smallest absolute Gasteiger partial charge is 0.163 e. The first-order valence-corrected chi connectivity index (χ1v) is 12.7. The molecular weight excluding hydrogens is 430 g/mol. The number of hydrogen-bond donors (Lipinski definition) is 1. The second kappa shape index (κ2) is 12.6. The van der Waals surface area contributed by atoms with E-state index < -0.39 is 0 Å². The van der Waals surface area contributed by atoms with Crippen LogP contribution in [0.4, 0.5) is 0 Å². The number of carbonyl (C=O) groups is 1. The predicted molar refractivity (Wildman–Crippen MR) is 139 cm³/mol. The number of halogens is 1. The maximum atomic E-state index is 12.7. The summed E-state index contributed by atoms with van der Waals surface area (Å²) in [5.41, 5.74) is 3.69. The van der Waals surface area contributed by atoms with Gasteiger partial charge in [0.1, 0.15) is 5.75 Å². The van der Waals surface area contributed by atoms with Crippen molar-refractivity contribution in [1.29, 1.82) is 0 Å². The third-order valence-corrected chi connectivity index (χ3v) is 7.60. The van der Waals surface area contributed by atoms with Crippen LogP contribution < -0.4 is 10.1 Å². The van der Waals surface area contributed by atoms with Crippen molar-refractivity contribution in [3.8, 4) is 5.75 Å². The van der Waals surface area contributed by atoms with Crippen molar-refractivity contribution < 1.29 is 9.53 Å². The number of nitrogens with one attached hydrogen (secondary N) is 1. The molecule has 33 heavy (non-hydrogen) atoms. The van der Waals surface area contributed by atoms with Gasteiger partial charge in [-0.1, -0.05) is 43.3 Å². The number of rotatable bonds is 9. The first-order chi connectivity index (χ1) is 15.6. The summed E-state index contributed by atoms with van der Waals surface area (Å²) >= 11 is 0. The summed E-state index contributed by atoms with van der Waals surface area (Å²) < 4.78 is 5.68. The number of hydrogen-bond acceptors (Lipinski definition) is 3. The first-order valence-electron chi connectivity index (χ1n) is 12.7. The minimum atomic E-state index is 0. The van der Waals surface area contributed by atoms with Crippen molar-refractivity contribution >= 4 is 18.2 Å². The molecule has 180 valence electrons. The summed E-state index contributed by atoms with van der Waals surface area (Å²) in [6.45, 7) is 7.20. The third-order valence-electron chi connectivity index (χ3n) is 7.60. The fourth-order valence-electron chi connectivity index (χ4n) is 5.71. The molecule has 0 aromatic heterocycles. The molecule has 1 heterocycles. The highest BCUT2D eigenvalue weighted by molar-refractivity contribution is 5.96. The molecule has 3 nitrogen and oxygen atoms in total. The van der Waals surface area contributed by atoms with Crippen LogP contribution in [0.25, 0.3) is 0 Å². The van der Waals surface area contributed by atoms with E-state index in [1.165, 1.54) is 36.8 Å². The number of benzene rings is 2. The van der Waals surface area contributed by atoms with Crippen LogP contribution in [0.3, 0.4) is 0 Å². The van der Waals surface area contributed by atoms with Crippen molar-refractivity contribution in [2.75, 3.05) is 19.7 Å². The third kappa shape index (κ3) is 7.07.